The molecule has 134 valence electrons. The van der Waals surface area contributed by atoms with E-state index in [1.165, 1.54) is 0 Å². The van der Waals surface area contributed by atoms with Crippen molar-refractivity contribution in [2.24, 2.45) is 0 Å². The number of benzene rings is 1. The van der Waals surface area contributed by atoms with Crippen molar-refractivity contribution in [1.82, 2.24) is 5.32 Å². The van der Waals surface area contributed by atoms with Crippen LogP contribution in [0.15, 0.2) is 30.3 Å². The molecule has 0 fully saturated rings. The molecule has 0 bridgehead atoms. The fraction of sp³-hybridized carbons (Fsp3) is 0.579. The number of nitrogens with one attached hydrogen (secondary N) is 1. The molecular weight excluding hydrogens is 306 g/mol. The number of amides is 1. The minimum atomic E-state index is -0.775. The predicted octanol–water partition coefficient (Wildman–Crippen LogP) is 3.85. The van der Waals surface area contributed by atoms with Gasteiger partial charge in [-0.15, -0.1) is 0 Å². The van der Waals surface area contributed by atoms with E-state index in [0.717, 1.165) is 18.4 Å². The van der Waals surface area contributed by atoms with Gasteiger partial charge in [0.15, 0.2) is 0 Å². The number of carbonyl (C=O) groups is 2. The third-order valence-corrected chi connectivity index (χ3v) is 3.45. The second kappa shape index (κ2) is 9.30. The second-order valence-electron chi connectivity index (χ2n) is 6.76. The standard InChI is InChI=1S/C19H29NO4/c1-6-15(7-2)23-17(21)16(13-14-11-9-8-10-12-14)20-18(22)24-19(3,4)5/h8-12,15-16H,6-7,13H2,1-5H3,(H,20,22)/t16-/m0/s1. The summed E-state index contributed by atoms with van der Waals surface area (Å²) in [6.45, 7) is 9.27. The van der Waals surface area contributed by atoms with E-state index in [2.05, 4.69) is 5.32 Å². The molecule has 0 aromatic heterocycles. The molecule has 5 nitrogen and oxygen atoms in total. The highest BCUT2D eigenvalue weighted by Gasteiger charge is 2.27. The molecule has 5 heteroatoms. The number of carbonyl (C=O) groups excluding carboxylic acids is 2. The van der Waals surface area contributed by atoms with Crippen molar-refractivity contribution in [1.29, 1.82) is 0 Å². The van der Waals surface area contributed by atoms with Crippen LogP contribution >= 0.6 is 0 Å². The minimum Gasteiger partial charge on any atom is -0.461 e. The summed E-state index contributed by atoms with van der Waals surface area (Å²) in [5, 5.41) is 2.64. The van der Waals surface area contributed by atoms with Gasteiger partial charge in [-0.25, -0.2) is 9.59 Å². The van der Waals surface area contributed by atoms with Crippen LogP contribution in [0.2, 0.25) is 0 Å². The van der Waals surface area contributed by atoms with Crippen LogP contribution in [0.5, 0.6) is 0 Å². The van der Waals surface area contributed by atoms with Crippen LogP contribution in [0, 0.1) is 0 Å². The Balaban J connectivity index is 2.82. The Labute approximate surface area is 144 Å². The quantitative estimate of drug-likeness (QED) is 0.769. The van der Waals surface area contributed by atoms with Gasteiger partial charge in [0.1, 0.15) is 17.7 Å². The number of hydrogen-bond acceptors (Lipinski definition) is 4. The van der Waals surface area contributed by atoms with Crippen LogP contribution in [0.1, 0.15) is 53.0 Å². The smallest absolute Gasteiger partial charge is 0.408 e. The van der Waals surface area contributed by atoms with E-state index in [1.807, 2.05) is 44.2 Å². The molecule has 1 amide bonds. The minimum absolute atomic E-state index is 0.142. The molecule has 1 N–H and O–H groups in total. The van der Waals surface area contributed by atoms with Gasteiger partial charge in [-0.05, 0) is 39.2 Å². The lowest BCUT2D eigenvalue weighted by Crippen LogP contribution is -2.46. The first kappa shape index (κ1) is 20.0. The fourth-order valence-corrected chi connectivity index (χ4v) is 2.19. The van der Waals surface area contributed by atoms with Crippen LogP contribution in [0.3, 0.4) is 0 Å². The molecule has 0 aliphatic carbocycles. The maximum atomic E-state index is 12.5. The molecular formula is C19H29NO4. The van der Waals surface area contributed by atoms with Crippen molar-refractivity contribution in [2.45, 2.75) is 71.6 Å². The van der Waals surface area contributed by atoms with Crippen molar-refractivity contribution in [3.05, 3.63) is 35.9 Å². The number of esters is 1. The van der Waals surface area contributed by atoms with Crippen LogP contribution in [-0.4, -0.2) is 29.8 Å². The topological polar surface area (TPSA) is 64.6 Å². The van der Waals surface area contributed by atoms with E-state index < -0.39 is 23.7 Å². The van der Waals surface area contributed by atoms with Crippen molar-refractivity contribution >= 4 is 12.1 Å². The molecule has 1 rings (SSSR count). The molecule has 24 heavy (non-hydrogen) atoms. The molecule has 0 aliphatic heterocycles. The lowest BCUT2D eigenvalue weighted by Gasteiger charge is -2.24. The van der Waals surface area contributed by atoms with Gasteiger partial charge in [0, 0.05) is 6.42 Å². The number of hydrogen-bond donors (Lipinski definition) is 1. The Morgan fingerprint density at radius 2 is 1.67 bits per heavy atom. The molecule has 0 spiro atoms. The van der Waals surface area contributed by atoms with Crippen LogP contribution in [0.25, 0.3) is 0 Å². The molecule has 0 aliphatic rings. The van der Waals surface area contributed by atoms with E-state index in [0.29, 0.717) is 6.42 Å². The van der Waals surface area contributed by atoms with E-state index in [1.54, 1.807) is 20.8 Å². The second-order valence-corrected chi connectivity index (χ2v) is 6.76. The van der Waals surface area contributed by atoms with Gasteiger partial charge in [-0.1, -0.05) is 44.2 Å². The monoisotopic (exact) mass is 335 g/mol. The van der Waals surface area contributed by atoms with Crippen LogP contribution < -0.4 is 5.32 Å². The highest BCUT2D eigenvalue weighted by molar-refractivity contribution is 5.82. The predicted molar refractivity (Wildman–Crippen MR) is 93.8 cm³/mol. The summed E-state index contributed by atoms with van der Waals surface area (Å²) in [5.74, 6) is -0.432. The lowest BCUT2D eigenvalue weighted by atomic mass is 10.1. The molecule has 0 radical (unpaired) electrons. The van der Waals surface area contributed by atoms with Gasteiger partial charge < -0.3 is 14.8 Å². The van der Waals surface area contributed by atoms with Crippen LogP contribution in [-0.2, 0) is 20.7 Å². The van der Waals surface area contributed by atoms with Gasteiger partial charge in [0.2, 0.25) is 0 Å². The largest absolute Gasteiger partial charge is 0.461 e. The number of rotatable bonds is 7. The lowest BCUT2D eigenvalue weighted by molar-refractivity contribution is -0.152. The van der Waals surface area contributed by atoms with Gasteiger partial charge in [0.25, 0.3) is 0 Å². The number of ether oxygens (including phenoxy) is 2. The third kappa shape index (κ3) is 7.49. The summed E-state index contributed by atoms with van der Waals surface area (Å²) in [6.07, 6.45) is 1.08. The highest BCUT2D eigenvalue weighted by Crippen LogP contribution is 2.11. The summed E-state index contributed by atoms with van der Waals surface area (Å²) in [4.78, 5) is 24.5. The van der Waals surface area contributed by atoms with E-state index in [9.17, 15) is 9.59 Å². The highest BCUT2D eigenvalue weighted by atomic mass is 16.6. The summed E-state index contributed by atoms with van der Waals surface area (Å²) in [7, 11) is 0. The average Bonchev–Trinajstić information content (AvgIpc) is 2.51. The Morgan fingerprint density at radius 3 is 2.17 bits per heavy atom. The molecule has 0 saturated carbocycles. The normalized spacial score (nSPS) is 12.6. The molecule has 1 atom stereocenters. The van der Waals surface area contributed by atoms with Gasteiger partial charge in [0.05, 0.1) is 0 Å². The molecule has 1 aromatic rings. The van der Waals surface area contributed by atoms with Crippen molar-refractivity contribution in [3.63, 3.8) is 0 Å². The van der Waals surface area contributed by atoms with E-state index in [4.69, 9.17) is 9.47 Å². The van der Waals surface area contributed by atoms with Crippen LogP contribution in [0.4, 0.5) is 4.79 Å². The molecule has 0 saturated heterocycles. The summed E-state index contributed by atoms with van der Waals surface area (Å²) >= 11 is 0. The zero-order valence-electron chi connectivity index (χ0n) is 15.3. The first-order valence-electron chi connectivity index (χ1n) is 8.49. The Morgan fingerprint density at radius 1 is 1.08 bits per heavy atom. The fourth-order valence-electron chi connectivity index (χ4n) is 2.19. The van der Waals surface area contributed by atoms with Gasteiger partial charge in [-0.3, -0.25) is 0 Å². The summed E-state index contributed by atoms with van der Waals surface area (Å²) in [5.41, 5.74) is 0.320. The van der Waals surface area contributed by atoms with Crippen molar-refractivity contribution in [3.8, 4) is 0 Å². The Kier molecular flexibility index (Phi) is 7.75. The molecule has 0 unspecified atom stereocenters. The zero-order valence-corrected chi connectivity index (χ0v) is 15.3. The maximum absolute atomic E-state index is 12.5. The molecule has 1 aromatic carbocycles. The summed E-state index contributed by atoms with van der Waals surface area (Å²) < 4.78 is 10.8. The number of alkyl carbamates (subject to hydrolysis) is 1. The van der Waals surface area contributed by atoms with Gasteiger partial charge in [-0.2, -0.15) is 0 Å². The van der Waals surface area contributed by atoms with Crippen molar-refractivity contribution in [2.75, 3.05) is 0 Å². The molecule has 0 heterocycles. The van der Waals surface area contributed by atoms with E-state index >= 15 is 0 Å². The van der Waals surface area contributed by atoms with E-state index in [-0.39, 0.29) is 6.10 Å². The Bertz CT molecular complexity index is 518. The zero-order chi connectivity index (χ0) is 18.2. The van der Waals surface area contributed by atoms with Crippen molar-refractivity contribution < 1.29 is 19.1 Å². The average molecular weight is 335 g/mol. The third-order valence-electron chi connectivity index (χ3n) is 3.45. The maximum Gasteiger partial charge on any atom is 0.408 e. The SMILES string of the molecule is CCC(CC)OC(=O)[C@H](Cc1ccccc1)NC(=O)OC(C)(C)C. The Hall–Kier alpha value is -2.04. The van der Waals surface area contributed by atoms with Gasteiger partial charge >= 0.3 is 12.1 Å². The first-order chi connectivity index (χ1) is 11.2. The summed E-state index contributed by atoms with van der Waals surface area (Å²) in [6, 6.07) is 8.74. The first-order valence-corrected chi connectivity index (χ1v) is 8.49.